The molecule has 0 saturated heterocycles. The molecule has 0 aromatic carbocycles. The van der Waals surface area contributed by atoms with Gasteiger partial charge in [0, 0.05) is 11.8 Å². The number of rotatable bonds is 2. The standard InChI is InChI=1S/C12H22O2/c1-5-10(13)14-11-9(2)7-6-8-12(11,3)4/h9,11H,5-8H2,1-4H3. The van der Waals surface area contributed by atoms with E-state index in [1.54, 1.807) is 0 Å². The van der Waals surface area contributed by atoms with Gasteiger partial charge in [0.15, 0.2) is 0 Å². The molecule has 1 aliphatic carbocycles. The number of hydrogen-bond acceptors (Lipinski definition) is 2. The van der Waals surface area contributed by atoms with Crippen LogP contribution in [0.3, 0.4) is 0 Å². The molecule has 0 aliphatic heterocycles. The maximum atomic E-state index is 11.3. The van der Waals surface area contributed by atoms with E-state index in [-0.39, 0.29) is 17.5 Å². The molecule has 0 amide bonds. The van der Waals surface area contributed by atoms with Crippen LogP contribution in [-0.4, -0.2) is 12.1 Å². The van der Waals surface area contributed by atoms with Crippen molar-refractivity contribution in [1.82, 2.24) is 0 Å². The van der Waals surface area contributed by atoms with E-state index < -0.39 is 0 Å². The number of carbonyl (C=O) groups excluding carboxylic acids is 1. The minimum absolute atomic E-state index is 0.0585. The Balaban J connectivity index is 2.65. The van der Waals surface area contributed by atoms with Gasteiger partial charge in [-0.25, -0.2) is 0 Å². The van der Waals surface area contributed by atoms with Crippen LogP contribution in [0.1, 0.15) is 53.4 Å². The first-order chi connectivity index (χ1) is 6.47. The van der Waals surface area contributed by atoms with Crippen LogP contribution in [0.15, 0.2) is 0 Å². The molecule has 0 aromatic heterocycles. The highest BCUT2D eigenvalue weighted by molar-refractivity contribution is 5.69. The van der Waals surface area contributed by atoms with Crippen LogP contribution in [0.5, 0.6) is 0 Å². The first-order valence-corrected chi connectivity index (χ1v) is 5.67. The highest BCUT2D eigenvalue weighted by Gasteiger charge is 2.39. The second-order valence-corrected chi connectivity index (χ2v) is 5.12. The maximum absolute atomic E-state index is 11.3. The van der Waals surface area contributed by atoms with Crippen molar-refractivity contribution < 1.29 is 9.53 Å². The fraction of sp³-hybridized carbons (Fsp3) is 0.917. The van der Waals surface area contributed by atoms with Gasteiger partial charge < -0.3 is 4.74 Å². The van der Waals surface area contributed by atoms with Gasteiger partial charge in [-0.3, -0.25) is 4.79 Å². The molecule has 0 aromatic rings. The highest BCUT2D eigenvalue weighted by Crippen LogP contribution is 2.40. The fourth-order valence-corrected chi connectivity index (χ4v) is 2.44. The predicted molar refractivity (Wildman–Crippen MR) is 57.0 cm³/mol. The average Bonchev–Trinajstić information content (AvgIpc) is 2.11. The Labute approximate surface area is 87.0 Å². The van der Waals surface area contributed by atoms with Crippen LogP contribution >= 0.6 is 0 Å². The molecule has 2 heteroatoms. The van der Waals surface area contributed by atoms with Gasteiger partial charge in [0.2, 0.25) is 0 Å². The van der Waals surface area contributed by atoms with Crippen LogP contribution in [0, 0.1) is 11.3 Å². The van der Waals surface area contributed by atoms with Crippen molar-refractivity contribution in [3.05, 3.63) is 0 Å². The zero-order valence-corrected chi connectivity index (χ0v) is 9.80. The molecule has 82 valence electrons. The van der Waals surface area contributed by atoms with Crippen LogP contribution in [0.4, 0.5) is 0 Å². The number of hydrogen-bond donors (Lipinski definition) is 0. The van der Waals surface area contributed by atoms with Crippen molar-refractivity contribution in [3.8, 4) is 0 Å². The Kier molecular flexibility index (Phi) is 3.57. The molecule has 2 atom stereocenters. The SMILES string of the molecule is CCC(=O)OC1C(C)CCCC1(C)C. The molecule has 1 fully saturated rings. The van der Waals surface area contributed by atoms with Gasteiger partial charge in [0.25, 0.3) is 0 Å². The molecule has 2 unspecified atom stereocenters. The van der Waals surface area contributed by atoms with Crippen LogP contribution in [0.2, 0.25) is 0 Å². The first-order valence-electron chi connectivity index (χ1n) is 5.67. The van der Waals surface area contributed by atoms with Gasteiger partial charge in [-0.15, -0.1) is 0 Å². The van der Waals surface area contributed by atoms with Crippen molar-refractivity contribution in [2.24, 2.45) is 11.3 Å². The summed E-state index contributed by atoms with van der Waals surface area (Å²) in [5.41, 5.74) is 0.155. The van der Waals surface area contributed by atoms with E-state index in [0.29, 0.717) is 12.3 Å². The predicted octanol–water partition coefficient (Wildman–Crippen LogP) is 3.15. The third kappa shape index (κ3) is 2.49. The zero-order chi connectivity index (χ0) is 10.8. The molecule has 1 aliphatic rings. The van der Waals surface area contributed by atoms with Crippen LogP contribution < -0.4 is 0 Å². The van der Waals surface area contributed by atoms with Crippen LogP contribution in [-0.2, 0) is 9.53 Å². The van der Waals surface area contributed by atoms with Crippen molar-refractivity contribution in [2.75, 3.05) is 0 Å². The summed E-state index contributed by atoms with van der Waals surface area (Å²) in [6.45, 7) is 8.45. The number of carbonyl (C=O) groups is 1. The van der Waals surface area contributed by atoms with E-state index in [2.05, 4.69) is 20.8 Å². The summed E-state index contributed by atoms with van der Waals surface area (Å²) in [5, 5.41) is 0. The van der Waals surface area contributed by atoms with E-state index >= 15 is 0 Å². The van der Waals surface area contributed by atoms with Gasteiger partial charge in [-0.2, -0.15) is 0 Å². The Bertz CT molecular complexity index is 208. The summed E-state index contributed by atoms with van der Waals surface area (Å²) < 4.78 is 5.53. The van der Waals surface area contributed by atoms with Gasteiger partial charge in [-0.05, 0) is 18.8 Å². The minimum atomic E-state index is -0.0585. The largest absolute Gasteiger partial charge is 0.462 e. The van der Waals surface area contributed by atoms with Gasteiger partial charge in [0.1, 0.15) is 6.10 Å². The Morgan fingerprint density at radius 1 is 1.50 bits per heavy atom. The molecule has 0 spiro atoms. The topological polar surface area (TPSA) is 26.3 Å². The van der Waals surface area contributed by atoms with E-state index in [4.69, 9.17) is 4.74 Å². The first kappa shape index (κ1) is 11.5. The Morgan fingerprint density at radius 2 is 2.14 bits per heavy atom. The van der Waals surface area contributed by atoms with Gasteiger partial charge in [-0.1, -0.05) is 34.1 Å². The lowest BCUT2D eigenvalue weighted by Gasteiger charge is -2.41. The fourth-order valence-electron chi connectivity index (χ4n) is 2.44. The maximum Gasteiger partial charge on any atom is 0.305 e. The molecular weight excluding hydrogens is 176 g/mol. The number of esters is 1. The molecule has 1 saturated carbocycles. The molecule has 0 radical (unpaired) electrons. The van der Waals surface area contributed by atoms with Crippen molar-refractivity contribution in [1.29, 1.82) is 0 Å². The van der Waals surface area contributed by atoms with Crippen molar-refractivity contribution in [2.45, 2.75) is 59.5 Å². The zero-order valence-electron chi connectivity index (χ0n) is 9.80. The second kappa shape index (κ2) is 4.33. The summed E-state index contributed by atoms with van der Waals surface area (Å²) in [7, 11) is 0. The smallest absolute Gasteiger partial charge is 0.305 e. The summed E-state index contributed by atoms with van der Waals surface area (Å²) in [6, 6.07) is 0. The molecule has 1 rings (SSSR count). The molecular formula is C12H22O2. The molecule has 0 heterocycles. The lowest BCUT2D eigenvalue weighted by atomic mass is 9.70. The average molecular weight is 198 g/mol. The molecule has 0 N–H and O–H groups in total. The molecule has 14 heavy (non-hydrogen) atoms. The van der Waals surface area contributed by atoms with Gasteiger partial charge in [0.05, 0.1) is 0 Å². The summed E-state index contributed by atoms with van der Waals surface area (Å²) in [4.78, 5) is 11.3. The van der Waals surface area contributed by atoms with E-state index in [0.717, 1.165) is 0 Å². The number of ether oxygens (including phenoxy) is 1. The third-order valence-corrected chi connectivity index (χ3v) is 3.31. The lowest BCUT2D eigenvalue weighted by Crippen LogP contribution is -2.42. The summed E-state index contributed by atoms with van der Waals surface area (Å²) in [6.07, 6.45) is 4.21. The second-order valence-electron chi connectivity index (χ2n) is 5.12. The van der Waals surface area contributed by atoms with E-state index in [1.807, 2.05) is 6.92 Å². The van der Waals surface area contributed by atoms with E-state index in [9.17, 15) is 4.79 Å². The monoisotopic (exact) mass is 198 g/mol. The molecule has 0 bridgehead atoms. The van der Waals surface area contributed by atoms with Crippen molar-refractivity contribution in [3.63, 3.8) is 0 Å². The minimum Gasteiger partial charge on any atom is -0.462 e. The third-order valence-electron chi connectivity index (χ3n) is 3.31. The Morgan fingerprint density at radius 3 is 2.64 bits per heavy atom. The normalized spacial score (nSPS) is 31.1. The lowest BCUT2D eigenvalue weighted by molar-refractivity contribution is -0.162. The summed E-state index contributed by atoms with van der Waals surface area (Å²) >= 11 is 0. The quantitative estimate of drug-likeness (QED) is 0.637. The molecule has 2 nitrogen and oxygen atoms in total. The highest BCUT2D eigenvalue weighted by atomic mass is 16.5. The Hall–Kier alpha value is -0.530. The van der Waals surface area contributed by atoms with Crippen molar-refractivity contribution >= 4 is 5.97 Å². The van der Waals surface area contributed by atoms with E-state index in [1.165, 1.54) is 19.3 Å². The van der Waals surface area contributed by atoms with Crippen LogP contribution in [0.25, 0.3) is 0 Å². The summed E-state index contributed by atoms with van der Waals surface area (Å²) in [5.74, 6) is 0.450. The van der Waals surface area contributed by atoms with Gasteiger partial charge >= 0.3 is 5.97 Å².